The minimum atomic E-state index is -3.79. The number of sulfonamides is 1. The highest BCUT2D eigenvalue weighted by Gasteiger charge is 2.29. The van der Waals surface area contributed by atoms with Crippen LogP contribution < -0.4 is 9.46 Å². The third-order valence-electron chi connectivity index (χ3n) is 5.41. The molecule has 0 radical (unpaired) electrons. The van der Waals surface area contributed by atoms with Crippen LogP contribution in [0.25, 0.3) is 0 Å². The summed E-state index contributed by atoms with van der Waals surface area (Å²) in [5.74, 6) is 0.450. The second-order valence-corrected chi connectivity index (χ2v) is 10.8. The predicted octanol–water partition coefficient (Wildman–Crippen LogP) is 5.03. The molecule has 0 spiro atoms. The van der Waals surface area contributed by atoms with Crippen molar-refractivity contribution in [3.05, 3.63) is 70.4 Å². The number of anilines is 1. The maximum absolute atomic E-state index is 14.0. The minimum absolute atomic E-state index is 0.0396. The zero-order valence-electron chi connectivity index (χ0n) is 17.4. The van der Waals surface area contributed by atoms with Crippen LogP contribution in [0.3, 0.4) is 0 Å². The quantitative estimate of drug-likeness (QED) is 0.498. The zero-order valence-corrected chi connectivity index (χ0v) is 19.8. The number of halogens is 2. The number of aromatic nitrogens is 1. The van der Waals surface area contributed by atoms with Crippen molar-refractivity contribution in [2.45, 2.75) is 30.9 Å². The van der Waals surface area contributed by atoms with Crippen LogP contribution in [0.1, 0.15) is 18.9 Å². The molecule has 0 aliphatic carbocycles. The van der Waals surface area contributed by atoms with Crippen molar-refractivity contribution in [2.24, 2.45) is 5.92 Å². The number of ether oxygens (including phenoxy) is 1. The maximum Gasteiger partial charge on any atom is 0.263 e. The fraction of sp³-hybridized carbons (Fsp3) is 0.318. The Bertz CT molecular complexity index is 1170. The smallest absolute Gasteiger partial charge is 0.263 e. The molecule has 4 rings (SSSR count). The van der Waals surface area contributed by atoms with Gasteiger partial charge in [-0.25, -0.2) is 17.8 Å². The average molecular weight is 496 g/mol. The van der Waals surface area contributed by atoms with E-state index in [1.54, 1.807) is 23.6 Å². The molecule has 170 valence electrons. The molecule has 3 aromatic rings. The fourth-order valence-corrected chi connectivity index (χ4v) is 5.86. The van der Waals surface area contributed by atoms with E-state index in [-0.39, 0.29) is 32.9 Å². The molecule has 32 heavy (non-hydrogen) atoms. The normalized spacial score (nSPS) is 19.6. The van der Waals surface area contributed by atoms with Crippen molar-refractivity contribution in [1.82, 2.24) is 9.88 Å². The highest BCUT2D eigenvalue weighted by molar-refractivity contribution is 7.93. The van der Waals surface area contributed by atoms with Crippen LogP contribution in [0.4, 0.5) is 9.52 Å². The molecule has 1 aliphatic rings. The molecule has 0 saturated carbocycles. The van der Waals surface area contributed by atoms with Crippen molar-refractivity contribution < 1.29 is 17.5 Å². The molecule has 1 N–H and O–H groups in total. The summed E-state index contributed by atoms with van der Waals surface area (Å²) >= 11 is 7.55. The number of likely N-dealkylation sites (tertiary alicyclic amines) is 1. The van der Waals surface area contributed by atoms with E-state index >= 15 is 0 Å². The average Bonchev–Trinajstić information content (AvgIpc) is 3.25. The van der Waals surface area contributed by atoms with Gasteiger partial charge in [0.2, 0.25) is 0 Å². The van der Waals surface area contributed by atoms with E-state index in [0.717, 1.165) is 19.5 Å². The van der Waals surface area contributed by atoms with Gasteiger partial charge in [0.15, 0.2) is 5.13 Å². The van der Waals surface area contributed by atoms with Gasteiger partial charge < -0.3 is 4.74 Å². The summed E-state index contributed by atoms with van der Waals surface area (Å²) in [5.41, 5.74) is 0.685. The third-order valence-corrected chi connectivity index (χ3v) is 7.86. The van der Waals surface area contributed by atoms with Gasteiger partial charge in [-0.05, 0) is 30.7 Å². The number of piperidine rings is 1. The molecule has 1 aliphatic heterocycles. The number of hydrogen-bond acceptors (Lipinski definition) is 6. The predicted molar refractivity (Wildman–Crippen MR) is 124 cm³/mol. The summed E-state index contributed by atoms with van der Waals surface area (Å²) < 4.78 is 47.6. The Morgan fingerprint density at radius 1 is 1.31 bits per heavy atom. The Balaban J connectivity index is 1.38. The molecule has 2 atom stereocenters. The molecule has 2 heterocycles. The highest BCUT2D eigenvalue weighted by atomic mass is 35.5. The van der Waals surface area contributed by atoms with E-state index in [1.165, 1.54) is 35.7 Å². The molecule has 2 unspecified atom stereocenters. The van der Waals surface area contributed by atoms with Crippen LogP contribution in [0.5, 0.6) is 5.75 Å². The fourth-order valence-electron chi connectivity index (χ4n) is 3.75. The first-order valence-electron chi connectivity index (χ1n) is 10.2. The Hall–Kier alpha value is -2.20. The van der Waals surface area contributed by atoms with Gasteiger partial charge in [0.1, 0.15) is 17.7 Å². The van der Waals surface area contributed by atoms with E-state index in [2.05, 4.69) is 21.5 Å². The molecule has 2 aromatic carbocycles. The van der Waals surface area contributed by atoms with Crippen molar-refractivity contribution in [3.8, 4) is 5.75 Å². The second kappa shape index (κ2) is 9.74. The summed E-state index contributed by atoms with van der Waals surface area (Å²) in [6.07, 6.45) is 2.22. The van der Waals surface area contributed by atoms with Gasteiger partial charge in [-0.15, -0.1) is 11.3 Å². The lowest BCUT2D eigenvalue weighted by Gasteiger charge is -2.37. The first-order chi connectivity index (χ1) is 15.3. The van der Waals surface area contributed by atoms with Gasteiger partial charge in [0.05, 0.1) is 9.92 Å². The van der Waals surface area contributed by atoms with Crippen LogP contribution in [0, 0.1) is 11.7 Å². The lowest BCUT2D eigenvalue weighted by molar-refractivity contribution is 0.0486. The Morgan fingerprint density at radius 3 is 2.81 bits per heavy atom. The van der Waals surface area contributed by atoms with Crippen LogP contribution >= 0.6 is 22.9 Å². The van der Waals surface area contributed by atoms with Gasteiger partial charge in [-0.3, -0.25) is 9.62 Å². The number of nitrogens with zero attached hydrogens (tertiary/aromatic N) is 2. The SMILES string of the molecule is CC1CN(Cc2ccccc2F)CCC1Oc1ccc(S(=O)(=O)Nc2nccs2)cc1Cl. The van der Waals surface area contributed by atoms with Gasteiger partial charge in [0, 0.05) is 42.7 Å². The molecule has 0 bridgehead atoms. The van der Waals surface area contributed by atoms with Crippen LogP contribution in [-0.4, -0.2) is 37.5 Å². The highest BCUT2D eigenvalue weighted by Crippen LogP contribution is 2.32. The Morgan fingerprint density at radius 2 is 2.12 bits per heavy atom. The zero-order chi connectivity index (χ0) is 22.7. The summed E-state index contributed by atoms with van der Waals surface area (Å²) in [6, 6.07) is 11.2. The first-order valence-corrected chi connectivity index (χ1v) is 12.9. The van der Waals surface area contributed by atoms with Gasteiger partial charge >= 0.3 is 0 Å². The molecule has 6 nitrogen and oxygen atoms in total. The molecule has 10 heteroatoms. The Kier molecular flexibility index (Phi) is 6.99. The number of thiazole rings is 1. The number of nitrogens with one attached hydrogen (secondary N) is 1. The lowest BCUT2D eigenvalue weighted by Crippen LogP contribution is -2.44. The summed E-state index contributed by atoms with van der Waals surface area (Å²) in [6.45, 7) is 4.18. The molecule has 1 saturated heterocycles. The minimum Gasteiger partial charge on any atom is -0.488 e. The van der Waals surface area contributed by atoms with Crippen molar-refractivity contribution in [2.75, 3.05) is 17.8 Å². The maximum atomic E-state index is 14.0. The topological polar surface area (TPSA) is 71.5 Å². The Labute approximate surface area is 196 Å². The van der Waals surface area contributed by atoms with Crippen LogP contribution in [0.15, 0.2) is 58.9 Å². The summed E-state index contributed by atoms with van der Waals surface area (Å²) in [5, 5.41) is 2.20. The van der Waals surface area contributed by atoms with Gasteiger partial charge in [-0.1, -0.05) is 36.7 Å². The lowest BCUT2D eigenvalue weighted by atomic mass is 9.96. The summed E-state index contributed by atoms with van der Waals surface area (Å²) in [4.78, 5) is 6.19. The van der Waals surface area contributed by atoms with E-state index in [9.17, 15) is 12.8 Å². The standard InChI is InChI=1S/C22H23ClFN3O3S2/c1-15-13-27(14-16-4-2-3-5-19(16)24)10-8-20(15)30-21-7-6-17(12-18(21)23)32(28,29)26-22-25-9-11-31-22/h2-7,9,11-12,15,20H,8,10,13-14H2,1H3,(H,25,26). The molecule has 1 aromatic heterocycles. The number of rotatable bonds is 7. The van der Waals surface area contributed by atoms with Gasteiger partial charge in [-0.2, -0.15) is 0 Å². The largest absolute Gasteiger partial charge is 0.488 e. The molecule has 0 amide bonds. The molecule has 1 fully saturated rings. The first kappa shape index (κ1) is 23.0. The number of benzene rings is 2. The summed E-state index contributed by atoms with van der Waals surface area (Å²) in [7, 11) is -3.79. The molecular formula is C22H23ClFN3O3S2. The van der Waals surface area contributed by atoms with E-state index in [1.807, 2.05) is 6.07 Å². The third kappa shape index (κ3) is 5.40. The van der Waals surface area contributed by atoms with Crippen molar-refractivity contribution in [1.29, 1.82) is 0 Å². The number of hydrogen-bond donors (Lipinski definition) is 1. The van der Waals surface area contributed by atoms with Crippen molar-refractivity contribution in [3.63, 3.8) is 0 Å². The molecular weight excluding hydrogens is 473 g/mol. The van der Waals surface area contributed by atoms with E-state index in [4.69, 9.17) is 16.3 Å². The van der Waals surface area contributed by atoms with E-state index in [0.29, 0.717) is 17.9 Å². The van der Waals surface area contributed by atoms with Crippen molar-refractivity contribution >= 4 is 38.1 Å². The van der Waals surface area contributed by atoms with E-state index < -0.39 is 10.0 Å². The van der Waals surface area contributed by atoms with Crippen LogP contribution in [0.2, 0.25) is 5.02 Å². The monoisotopic (exact) mass is 495 g/mol. The van der Waals surface area contributed by atoms with Crippen LogP contribution in [-0.2, 0) is 16.6 Å². The van der Waals surface area contributed by atoms with Gasteiger partial charge in [0.25, 0.3) is 10.0 Å². The second-order valence-electron chi connectivity index (χ2n) is 7.78.